The minimum atomic E-state index is -4.59. The highest BCUT2D eigenvalue weighted by Crippen LogP contribution is 1.96. The van der Waals surface area contributed by atoms with Crippen molar-refractivity contribution >= 4 is 18.0 Å². The van der Waals surface area contributed by atoms with Crippen molar-refractivity contribution in [1.82, 2.24) is 0 Å². The summed E-state index contributed by atoms with van der Waals surface area (Å²) in [6, 6.07) is 0. The van der Waals surface area contributed by atoms with Gasteiger partial charge in [-0.05, 0) is 0 Å². The molecular weight excluding hydrogens is 170 g/mol. The van der Waals surface area contributed by atoms with Crippen LogP contribution in [-0.4, -0.2) is 23.1 Å². The van der Waals surface area contributed by atoms with Gasteiger partial charge in [-0.3, -0.25) is 0 Å². The molecule has 2 N–H and O–H groups in total. The number of hydrogen-bond acceptors (Lipinski definition) is 6. The van der Waals surface area contributed by atoms with Crippen LogP contribution in [0.4, 0.5) is 0 Å². The maximum atomic E-state index is 10.1. The van der Waals surface area contributed by atoms with Crippen LogP contribution in [0.5, 0.6) is 0 Å². The molecule has 0 radical (unpaired) electrons. The molecule has 6 nitrogen and oxygen atoms in total. The minimum absolute atomic E-state index is 0.481. The largest absolute Gasteiger partial charge is 0.390 e. The molecule has 0 amide bonds. The summed E-state index contributed by atoms with van der Waals surface area (Å²) in [6.45, 7) is 0. The summed E-state index contributed by atoms with van der Waals surface area (Å²) < 4.78 is 43.5. The van der Waals surface area contributed by atoms with E-state index in [0.29, 0.717) is 6.26 Å². The fraction of sp³-hybridized carbons (Fsp3) is 1.00. The average molecular weight is 175 g/mol. The number of nitrogens with two attached hydrogens (primary N) is 1. The van der Waals surface area contributed by atoms with E-state index in [1.165, 1.54) is 0 Å². The molecule has 0 aliphatic carbocycles. The van der Waals surface area contributed by atoms with Gasteiger partial charge in [0, 0.05) is 0 Å². The van der Waals surface area contributed by atoms with Crippen molar-refractivity contribution in [3.63, 3.8) is 0 Å². The van der Waals surface area contributed by atoms with Crippen LogP contribution in [-0.2, 0) is 22.3 Å². The van der Waals surface area contributed by atoms with E-state index in [0.717, 1.165) is 0 Å². The van der Waals surface area contributed by atoms with Crippen molar-refractivity contribution < 1.29 is 21.1 Å². The van der Waals surface area contributed by atoms with Crippen molar-refractivity contribution in [1.29, 1.82) is 0 Å². The monoisotopic (exact) mass is 175 g/mol. The van der Waals surface area contributed by atoms with Gasteiger partial charge in [0.2, 0.25) is 0 Å². The molecule has 0 saturated carbocycles. The molecule has 0 unspecified atom stereocenters. The topological polar surface area (TPSA) is 104 Å². The van der Waals surface area contributed by atoms with Crippen LogP contribution in [0.25, 0.3) is 0 Å². The fourth-order valence-corrected chi connectivity index (χ4v) is 0.642. The van der Waals surface area contributed by atoms with E-state index >= 15 is 0 Å². The molecule has 0 fully saturated rings. The maximum absolute atomic E-state index is 10.1. The van der Waals surface area contributed by atoms with Gasteiger partial charge in [-0.2, -0.15) is 18.6 Å². The lowest BCUT2D eigenvalue weighted by Gasteiger charge is -1.93. The van der Waals surface area contributed by atoms with Crippen LogP contribution in [0.15, 0.2) is 0 Å². The summed E-state index contributed by atoms with van der Waals surface area (Å²) in [5.41, 5.74) is 0. The summed E-state index contributed by atoms with van der Waals surface area (Å²) in [7, 11) is -8.81. The van der Waals surface area contributed by atoms with Gasteiger partial charge in [-0.25, -0.2) is 8.42 Å². The molecule has 0 aliphatic rings. The van der Waals surface area contributed by atoms with E-state index in [4.69, 9.17) is 0 Å². The molecular formula is CH5NO5S2. The van der Waals surface area contributed by atoms with Gasteiger partial charge in [0.15, 0.2) is 0 Å². The first-order chi connectivity index (χ1) is 3.81. The van der Waals surface area contributed by atoms with Crippen LogP contribution in [0.2, 0.25) is 0 Å². The normalized spacial score (nSPS) is 13.6. The molecule has 0 aromatic carbocycles. The molecule has 56 valence electrons. The van der Waals surface area contributed by atoms with E-state index in [1.807, 2.05) is 0 Å². The van der Waals surface area contributed by atoms with E-state index in [1.54, 1.807) is 0 Å². The molecule has 0 saturated heterocycles. The molecule has 0 aromatic rings. The van der Waals surface area contributed by atoms with Crippen LogP contribution in [0, 0.1) is 0 Å². The first-order valence-electron chi connectivity index (χ1n) is 1.64. The van der Waals surface area contributed by atoms with Crippen LogP contribution >= 0.6 is 0 Å². The van der Waals surface area contributed by atoms with Crippen LogP contribution in [0.3, 0.4) is 0 Å². The zero-order chi connectivity index (χ0) is 7.71. The van der Waals surface area contributed by atoms with Gasteiger partial charge in [-0.1, -0.05) is 0 Å². The number of rotatable bonds is 2. The summed E-state index contributed by atoms with van der Waals surface area (Å²) in [5.74, 6) is 4.13. The Balaban J connectivity index is 5.07. The lowest BCUT2D eigenvalue weighted by Crippen LogP contribution is -2.19. The third kappa shape index (κ3) is 1.90. The third-order valence-corrected chi connectivity index (χ3v) is 3.93. The fourth-order valence-electron chi connectivity index (χ4n) is 0.0714. The first-order valence-corrected chi connectivity index (χ1v) is 5.46. The van der Waals surface area contributed by atoms with E-state index < -0.39 is 18.0 Å². The van der Waals surface area contributed by atoms with E-state index in [2.05, 4.69) is 10.2 Å². The summed E-state index contributed by atoms with van der Waals surface area (Å²) in [4.78, 5) is 0. The van der Waals surface area contributed by atoms with Crippen molar-refractivity contribution in [2.45, 2.75) is 0 Å². The van der Waals surface area contributed by atoms with Gasteiger partial charge >= 0.3 is 9.15 Å². The summed E-state index contributed by atoms with van der Waals surface area (Å²) >= 11 is 0. The molecule has 0 bridgehead atoms. The molecule has 0 rings (SSSR count). The van der Waals surface area contributed by atoms with E-state index in [9.17, 15) is 16.8 Å². The highest BCUT2D eigenvalue weighted by molar-refractivity contribution is 8.65. The summed E-state index contributed by atoms with van der Waals surface area (Å²) in [6.07, 6.45) is 0.481. The molecule has 9 heavy (non-hydrogen) atoms. The maximum Gasteiger partial charge on any atom is 0.390 e. The molecule has 0 spiro atoms. The highest BCUT2D eigenvalue weighted by atomic mass is 33.2. The van der Waals surface area contributed by atoms with Crippen molar-refractivity contribution in [3.05, 3.63) is 0 Å². The number of hydrogen-bond donors (Lipinski definition) is 1. The Morgan fingerprint density at radius 2 is 1.56 bits per heavy atom. The smallest absolute Gasteiger partial charge is 0.210 e. The quantitative estimate of drug-likeness (QED) is 0.391. The molecule has 8 heteroatoms. The zero-order valence-electron chi connectivity index (χ0n) is 4.44. The Morgan fingerprint density at radius 3 is 1.56 bits per heavy atom. The van der Waals surface area contributed by atoms with Gasteiger partial charge in [0.05, 0.1) is 6.26 Å². The lowest BCUT2D eigenvalue weighted by molar-refractivity contribution is 0.342. The lowest BCUT2D eigenvalue weighted by atomic mass is 12.0. The highest BCUT2D eigenvalue weighted by Gasteiger charge is 2.23. The predicted molar refractivity (Wildman–Crippen MR) is 29.0 cm³/mol. The Bertz CT molecular complexity index is 270. The molecule has 0 aliphatic heterocycles. The molecule has 0 atom stereocenters. The standard InChI is InChI=1S/CH5NO5S2/c1-8(3,4)9(5,6)7-2/h2H2,1H3. The second kappa shape index (κ2) is 2.21. The second-order valence-corrected chi connectivity index (χ2v) is 6.67. The van der Waals surface area contributed by atoms with Crippen LogP contribution < -0.4 is 5.90 Å². The van der Waals surface area contributed by atoms with E-state index in [-0.39, 0.29) is 0 Å². The minimum Gasteiger partial charge on any atom is -0.210 e. The first kappa shape index (κ1) is 8.82. The SMILES string of the molecule is CS(=O)(=O)S(=O)(=O)ON. The van der Waals surface area contributed by atoms with Gasteiger partial charge in [0.1, 0.15) is 0 Å². The zero-order valence-corrected chi connectivity index (χ0v) is 6.07. The Morgan fingerprint density at radius 1 is 1.22 bits per heavy atom. The molecule has 0 heterocycles. The van der Waals surface area contributed by atoms with Crippen molar-refractivity contribution in [2.75, 3.05) is 6.26 Å². The van der Waals surface area contributed by atoms with Gasteiger partial charge < -0.3 is 0 Å². The average Bonchev–Trinajstić information content (AvgIpc) is 1.64. The van der Waals surface area contributed by atoms with Crippen molar-refractivity contribution in [3.8, 4) is 0 Å². The Labute approximate surface area is 52.0 Å². The van der Waals surface area contributed by atoms with Gasteiger partial charge in [0.25, 0.3) is 8.87 Å². The third-order valence-electron chi connectivity index (χ3n) is 0.489. The van der Waals surface area contributed by atoms with Crippen molar-refractivity contribution in [2.24, 2.45) is 5.90 Å². The van der Waals surface area contributed by atoms with Crippen LogP contribution in [0.1, 0.15) is 0 Å². The molecule has 0 aromatic heterocycles. The van der Waals surface area contributed by atoms with Gasteiger partial charge in [-0.15, -0.1) is 0 Å². The Hall–Kier alpha value is -0.180. The summed E-state index contributed by atoms with van der Waals surface area (Å²) in [5, 5.41) is 0. The predicted octanol–water partition coefficient (Wildman–Crippen LogP) is -1.83. The Kier molecular flexibility index (Phi) is 2.17. The second-order valence-electron chi connectivity index (χ2n) is 1.21.